The molecule has 0 saturated carbocycles. The molecule has 0 spiro atoms. The van der Waals surface area contributed by atoms with Crippen LogP contribution in [0.1, 0.15) is 6.92 Å². The third kappa shape index (κ3) is 5.58. The SMILES string of the molecule is CCN1CCN(c2ccc(Cl)cc2NC(=O)CSc2nnc(-c3ccccc3)o2)CC1. The fraction of sp³-hybridized carbons (Fsp3) is 0.318. The van der Waals surface area contributed by atoms with E-state index in [-0.39, 0.29) is 11.7 Å². The Labute approximate surface area is 190 Å². The number of carbonyl (C=O) groups is 1. The van der Waals surface area contributed by atoms with Gasteiger partial charge in [-0.05, 0) is 36.9 Å². The molecule has 0 bridgehead atoms. The molecule has 31 heavy (non-hydrogen) atoms. The average molecular weight is 458 g/mol. The van der Waals surface area contributed by atoms with Crippen molar-refractivity contribution in [3.8, 4) is 11.5 Å². The van der Waals surface area contributed by atoms with Crippen LogP contribution in [0, 0.1) is 0 Å². The number of halogens is 1. The number of carbonyl (C=O) groups excluding carboxylic acids is 1. The fourth-order valence-electron chi connectivity index (χ4n) is 3.47. The minimum atomic E-state index is -0.153. The van der Waals surface area contributed by atoms with Crippen molar-refractivity contribution in [3.63, 3.8) is 0 Å². The summed E-state index contributed by atoms with van der Waals surface area (Å²) in [4.78, 5) is 17.3. The highest BCUT2D eigenvalue weighted by atomic mass is 35.5. The quantitative estimate of drug-likeness (QED) is 0.531. The van der Waals surface area contributed by atoms with Crippen molar-refractivity contribution < 1.29 is 9.21 Å². The van der Waals surface area contributed by atoms with Crippen molar-refractivity contribution in [1.82, 2.24) is 15.1 Å². The molecule has 1 amide bonds. The van der Waals surface area contributed by atoms with Gasteiger partial charge in [0.05, 0.1) is 17.1 Å². The molecule has 2 aromatic carbocycles. The maximum Gasteiger partial charge on any atom is 0.277 e. The molecule has 0 unspecified atom stereocenters. The first kappa shape index (κ1) is 21.7. The van der Waals surface area contributed by atoms with Gasteiger partial charge in [-0.1, -0.05) is 48.5 Å². The summed E-state index contributed by atoms with van der Waals surface area (Å²) in [5, 5.41) is 12.0. The molecule has 7 nitrogen and oxygen atoms in total. The van der Waals surface area contributed by atoms with Crippen molar-refractivity contribution in [2.45, 2.75) is 12.1 Å². The molecule has 1 aliphatic heterocycles. The summed E-state index contributed by atoms with van der Waals surface area (Å²) < 4.78 is 5.66. The van der Waals surface area contributed by atoms with Gasteiger partial charge in [0.15, 0.2) is 0 Å². The summed E-state index contributed by atoms with van der Waals surface area (Å²) in [7, 11) is 0. The molecule has 1 aromatic heterocycles. The first-order valence-electron chi connectivity index (χ1n) is 10.2. The first-order valence-corrected chi connectivity index (χ1v) is 11.6. The van der Waals surface area contributed by atoms with Crippen molar-refractivity contribution >= 4 is 40.6 Å². The Morgan fingerprint density at radius 1 is 1.13 bits per heavy atom. The number of aromatic nitrogens is 2. The number of likely N-dealkylation sites (N-methyl/N-ethyl adjacent to an activating group) is 1. The molecule has 1 N–H and O–H groups in total. The minimum absolute atomic E-state index is 0.153. The molecule has 9 heteroatoms. The number of rotatable bonds is 7. The van der Waals surface area contributed by atoms with Gasteiger partial charge in [0, 0.05) is 36.8 Å². The Bertz CT molecular complexity index is 1020. The van der Waals surface area contributed by atoms with E-state index in [9.17, 15) is 4.79 Å². The van der Waals surface area contributed by atoms with Crippen LogP contribution >= 0.6 is 23.4 Å². The summed E-state index contributed by atoms with van der Waals surface area (Å²) in [5.74, 6) is 0.443. The summed E-state index contributed by atoms with van der Waals surface area (Å²) in [6.45, 7) is 7.06. The molecule has 2 heterocycles. The van der Waals surface area contributed by atoms with Gasteiger partial charge >= 0.3 is 0 Å². The second-order valence-corrected chi connectivity index (χ2v) is 8.52. The van der Waals surface area contributed by atoms with E-state index in [0.29, 0.717) is 16.1 Å². The predicted molar refractivity (Wildman–Crippen MR) is 125 cm³/mol. The molecule has 0 atom stereocenters. The van der Waals surface area contributed by atoms with E-state index in [1.54, 1.807) is 6.07 Å². The summed E-state index contributed by atoms with van der Waals surface area (Å²) in [6, 6.07) is 15.2. The number of thioether (sulfide) groups is 1. The number of benzene rings is 2. The van der Waals surface area contributed by atoms with Crippen molar-refractivity contribution in [1.29, 1.82) is 0 Å². The van der Waals surface area contributed by atoms with Gasteiger partial charge in [0.25, 0.3) is 5.22 Å². The van der Waals surface area contributed by atoms with Gasteiger partial charge < -0.3 is 19.5 Å². The fourth-order valence-corrected chi connectivity index (χ4v) is 4.20. The molecule has 4 rings (SSSR count). The lowest BCUT2D eigenvalue weighted by atomic mass is 10.2. The van der Waals surface area contributed by atoms with E-state index < -0.39 is 0 Å². The highest BCUT2D eigenvalue weighted by Crippen LogP contribution is 2.30. The van der Waals surface area contributed by atoms with Crippen LogP contribution in [-0.2, 0) is 4.79 Å². The molecule has 1 aliphatic rings. The van der Waals surface area contributed by atoms with E-state index >= 15 is 0 Å². The van der Waals surface area contributed by atoms with Gasteiger partial charge in [-0.15, -0.1) is 10.2 Å². The molecule has 3 aromatic rings. The minimum Gasteiger partial charge on any atom is -0.411 e. The highest BCUT2D eigenvalue weighted by molar-refractivity contribution is 7.99. The maximum atomic E-state index is 12.6. The number of nitrogens with one attached hydrogen (secondary N) is 1. The van der Waals surface area contributed by atoms with Gasteiger partial charge in [0.1, 0.15) is 0 Å². The van der Waals surface area contributed by atoms with E-state index in [2.05, 4.69) is 32.2 Å². The zero-order valence-electron chi connectivity index (χ0n) is 17.3. The Morgan fingerprint density at radius 2 is 1.90 bits per heavy atom. The van der Waals surface area contributed by atoms with Crippen LogP contribution < -0.4 is 10.2 Å². The second kappa shape index (κ2) is 10.2. The molecule has 0 aliphatic carbocycles. The van der Waals surface area contributed by atoms with Crippen LogP contribution in [0.2, 0.25) is 5.02 Å². The van der Waals surface area contributed by atoms with Gasteiger partial charge in [-0.25, -0.2) is 0 Å². The van der Waals surface area contributed by atoms with Gasteiger partial charge in [0.2, 0.25) is 11.8 Å². The van der Waals surface area contributed by atoms with Crippen LogP contribution in [0.25, 0.3) is 11.5 Å². The normalized spacial score (nSPS) is 14.6. The monoisotopic (exact) mass is 457 g/mol. The van der Waals surface area contributed by atoms with E-state index in [1.165, 1.54) is 11.8 Å². The molecule has 1 saturated heterocycles. The smallest absolute Gasteiger partial charge is 0.277 e. The molecule has 0 radical (unpaired) electrons. The Balaban J connectivity index is 1.38. The summed E-state index contributed by atoms with van der Waals surface area (Å²) in [6.07, 6.45) is 0. The predicted octanol–water partition coefficient (Wildman–Crippen LogP) is 4.26. The van der Waals surface area contributed by atoms with Crippen LogP contribution in [-0.4, -0.2) is 59.5 Å². The topological polar surface area (TPSA) is 74.5 Å². The van der Waals surface area contributed by atoms with E-state index in [0.717, 1.165) is 49.7 Å². The van der Waals surface area contributed by atoms with Crippen LogP contribution in [0.5, 0.6) is 0 Å². The first-order chi connectivity index (χ1) is 15.1. The lowest BCUT2D eigenvalue weighted by Gasteiger charge is -2.36. The number of nitrogens with zero attached hydrogens (tertiary/aromatic N) is 4. The lowest BCUT2D eigenvalue weighted by Crippen LogP contribution is -2.46. The van der Waals surface area contributed by atoms with Crippen LogP contribution in [0.4, 0.5) is 11.4 Å². The molecule has 162 valence electrons. The Morgan fingerprint density at radius 3 is 2.65 bits per heavy atom. The van der Waals surface area contributed by atoms with Gasteiger partial charge in [-0.3, -0.25) is 4.79 Å². The number of piperazine rings is 1. The van der Waals surface area contributed by atoms with E-state index in [1.807, 2.05) is 42.5 Å². The lowest BCUT2D eigenvalue weighted by molar-refractivity contribution is -0.113. The third-order valence-corrected chi connectivity index (χ3v) is 6.20. The largest absolute Gasteiger partial charge is 0.411 e. The molecule has 1 fully saturated rings. The van der Waals surface area contributed by atoms with Crippen LogP contribution in [0.3, 0.4) is 0 Å². The van der Waals surface area contributed by atoms with Gasteiger partial charge in [-0.2, -0.15) is 0 Å². The zero-order chi connectivity index (χ0) is 21.6. The number of hydrogen-bond acceptors (Lipinski definition) is 7. The average Bonchev–Trinajstić information content (AvgIpc) is 3.28. The Hall–Kier alpha value is -2.55. The Kier molecular flexibility index (Phi) is 7.11. The maximum absolute atomic E-state index is 12.6. The molecular weight excluding hydrogens is 434 g/mol. The summed E-state index contributed by atoms with van der Waals surface area (Å²) in [5.41, 5.74) is 2.55. The number of amides is 1. The van der Waals surface area contributed by atoms with E-state index in [4.69, 9.17) is 16.0 Å². The third-order valence-electron chi connectivity index (χ3n) is 5.15. The number of anilines is 2. The second-order valence-electron chi connectivity index (χ2n) is 7.16. The van der Waals surface area contributed by atoms with Crippen molar-refractivity contribution in [2.24, 2.45) is 0 Å². The summed E-state index contributed by atoms with van der Waals surface area (Å²) >= 11 is 7.41. The highest BCUT2D eigenvalue weighted by Gasteiger charge is 2.20. The van der Waals surface area contributed by atoms with Crippen molar-refractivity contribution in [2.75, 3.05) is 48.7 Å². The molecular formula is C22H24ClN5O2S. The number of hydrogen-bond donors (Lipinski definition) is 1. The zero-order valence-corrected chi connectivity index (χ0v) is 18.8. The van der Waals surface area contributed by atoms with Crippen LogP contribution in [0.15, 0.2) is 58.2 Å². The van der Waals surface area contributed by atoms with Crippen molar-refractivity contribution in [3.05, 3.63) is 53.6 Å². The standard InChI is InChI=1S/C22H24ClN5O2S/c1-2-27-10-12-28(13-11-27)19-9-8-17(23)14-18(19)24-20(29)15-31-22-26-25-21(30-22)16-6-4-3-5-7-16/h3-9,14H,2,10-13,15H2,1H3,(H,24,29).